The zero-order valence-corrected chi connectivity index (χ0v) is 15.6. The van der Waals surface area contributed by atoms with Crippen LogP contribution in [0, 0.1) is 3.57 Å². The highest BCUT2D eigenvalue weighted by molar-refractivity contribution is 14.1. The van der Waals surface area contributed by atoms with Crippen LogP contribution >= 0.6 is 38.5 Å². The van der Waals surface area contributed by atoms with Crippen molar-refractivity contribution in [3.05, 3.63) is 61.1 Å². The number of imide groups is 1. The molecule has 3 rings (SSSR count). The van der Waals surface area contributed by atoms with Gasteiger partial charge in [-0.2, -0.15) is 0 Å². The van der Waals surface area contributed by atoms with Gasteiger partial charge in [-0.1, -0.05) is 15.9 Å². The van der Waals surface area contributed by atoms with E-state index in [0.29, 0.717) is 22.4 Å². The summed E-state index contributed by atoms with van der Waals surface area (Å²) in [7, 11) is 1.44. The molecule has 7 heteroatoms. The smallest absolute Gasteiger partial charge is 0.261 e. The minimum atomic E-state index is -0.363. The standard InChI is InChI=1S/C16H10BrIN2O3/c1-20-15(22)10-4-3-9(7-11(10)16(20)23)19-14(21)12-6-8(17)2-5-13(12)18/h2-7H,1H3,(H,19,21). The summed E-state index contributed by atoms with van der Waals surface area (Å²) in [5, 5.41) is 2.76. The fourth-order valence-electron chi connectivity index (χ4n) is 2.31. The number of fused-ring (bicyclic) bond motifs is 1. The molecule has 0 fully saturated rings. The molecule has 0 saturated heterocycles. The maximum atomic E-state index is 12.4. The molecule has 5 nitrogen and oxygen atoms in total. The maximum absolute atomic E-state index is 12.4. The van der Waals surface area contributed by atoms with Gasteiger partial charge >= 0.3 is 0 Å². The van der Waals surface area contributed by atoms with Gasteiger partial charge in [0, 0.05) is 20.8 Å². The third-order valence-electron chi connectivity index (χ3n) is 3.52. The first-order valence-electron chi connectivity index (χ1n) is 6.61. The van der Waals surface area contributed by atoms with E-state index in [0.717, 1.165) is 12.9 Å². The van der Waals surface area contributed by atoms with Crippen molar-refractivity contribution < 1.29 is 14.4 Å². The molecule has 0 spiro atoms. The van der Waals surface area contributed by atoms with Gasteiger partial charge in [0.25, 0.3) is 17.7 Å². The van der Waals surface area contributed by atoms with E-state index in [1.165, 1.54) is 13.1 Å². The Balaban J connectivity index is 1.90. The van der Waals surface area contributed by atoms with Gasteiger partial charge in [0.05, 0.1) is 16.7 Å². The minimum absolute atomic E-state index is 0.277. The molecule has 0 atom stereocenters. The van der Waals surface area contributed by atoms with Gasteiger partial charge in [-0.25, -0.2) is 0 Å². The Kier molecular flexibility index (Phi) is 4.24. The van der Waals surface area contributed by atoms with Crippen LogP contribution in [0.4, 0.5) is 5.69 Å². The van der Waals surface area contributed by atoms with E-state index in [-0.39, 0.29) is 17.7 Å². The van der Waals surface area contributed by atoms with E-state index in [9.17, 15) is 14.4 Å². The summed E-state index contributed by atoms with van der Waals surface area (Å²) in [6, 6.07) is 10.1. The summed E-state index contributed by atoms with van der Waals surface area (Å²) < 4.78 is 1.62. The molecule has 1 heterocycles. The summed E-state index contributed by atoms with van der Waals surface area (Å²) in [6.45, 7) is 0. The molecular weight excluding hydrogens is 475 g/mol. The molecule has 0 aliphatic carbocycles. The largest absolute Gasteiger partial charge is 0.322 e. The van der Waals surface area contributed by atoms with Crippen molar-refractivity contribution in [3.8, 4) is 0 Å². The van der Waals surface area contributed by atoms with Gasteiger partial charge in [-0.15, -0.1) is 0 Å². The Hall–Kier alpha value is -1.74. The molecule has 3 amide bonds. The van der Waals surface area contributed by atoms with E-state index in [1.807, 2.05) is 12.1 Å². The fraction of sp³-hybridized carbons (Fsp3) is 0.0625. The Bertz CT molecular complexity index is 866. The zero-order valence-electron chi connectivity index (χ0n) is 11.9. The van der Waals surface area contributed by atoms with Crippen LogP contribution in [0.2, 0.25) is 0 Å². The van der Waals surface area contributed by atoms with Crippen LogP contribution in [0.5, 0.6) is 0 Å². The monoisotopic (exact) mass is 484 g/mol. The second-order valence-electron chi connectivity index (χ2n) is 5.01. The number of anilines is 1. The van der Waals surface area contributed by atoms with Gasteiger partial charge in [0.2, 0.25) is 0 Å². The molecule has 0 unspecified atom stereocenters. The highest BCUT2D eigenvalue weighted by Crippen LogP contribution is 2.26. The van der Waals surface area contributed by atoms with Gasteiger partial charge < -0.3 is 5.32 Å². The van der Waals surface area contributed by atoms with Crippen LogP contribution in [-0.4, -0.2) is 29.7 Å². The average Bonchev–Trinajstić information content (AvgIpc) is 2.74. The van der Waals surface area contributed by atoms with Crippen molar-refractivity contribution in [1.82, 2.24) is 4.90 Å². The number of hydrogen-bond donors (Lipinski definition) is 1. The molecule has 1 aliphatic rings. The highest BCUT2D eigenvalue weighted by atomic mass is 127. The molecule has 0 aromatic heterocycles. The first-order valence-corrected chi connectivity index (χ1v) is 8.48. The third kappa shape index (κ3) is 2.90. The number of benzene rings is 2. The number of nitrogens with zero attached hydrogens (tertiary/aromatic N) is 1. The van der Waals surface area contributed by atoms with Crippen LogP contribution in [-0.2, 0) is 0 Å². The number of nitrogens with one attached hydrogen (secondary N) is 1. The third-order valence-corrected chi connectivity index (χ3v) is 4.95. The molecule has 23 heavy (non-hydrogen) atoms. The van der Waals surface area contributed by atoms with Gasteiger partial charge in [0.1, 0.15) is 0 Å². The number of rotatable bonds is 2. The van der Waals surface area contributed by atoms with E-state index < -0.39 is 0 Å². The molecule has 0 bridgehead atoms. The lowest BCUT2D eigenvalue weighted by molar-refractivity contribution is 0.0692. The van der Waals surface area contributed by atoms with Gasteiger partial charge in [0.15, 0.2) is 0 Å². The lowest BCUT2D eigenvalue weighted by Gasteiger charge is -2.08. The second kappa shape index (κ2) is 6.04. The first-order chi connectivity index (χ1) is 10.9. The Labute approximate surface area is 154 Å². The van der Waals surface area contributed by atoms with E-state index in [1.54, 1.807) is 18.2 Å². The summed E-state index contributed by atoms with van der Waals surface area (Å²) >= 11 is 5.43. The lowest BCUT2D eigenvalue weighted by atomic mass is 10.1. The normalized spacial score (nSPS) is 13.3. The predicted octanol–water partition coefficient (Wildman–Crippen LogP) is 3.53. The average molecular weight is 485 g/mol. The van der Waals surface area contributed by atoms with Crippen LogP contribution in [0.1, 0.15) is 31.1 Å². The number of halogens is 2. The van der Waals surface area contributed by atoms with Crippen molar-refractivity contribution in [3.63, 3.8) is 0 Å². The second-order valence-corrected chi connectivity index (χ2v) is 7.09. The van der Waals surface area contributed by atoms with Crippen molar-refractivity contribution in [2.24, 2.45) is 0 Å². The quantitative estimate of drug-likeness (QED) is 0.523. The van der Waals surface area contributed by atoms with Crippen molar-refractivity contribution >= 4 is 61.9 Å². The molecule has 2 aromatic carbocycles. The molecule has 1 aliphatic heterocycles. The summed E-state index contributed by atoms with van der Waals surface area (Å²) in [4.78, 5) is 37.3. The molecule has 1 N–H and O–H groups in total. The first kappa shape index (κ1) is 16.1. The SMILES string of the molecule is CN1C(=O)c2ccc(NC(=O)c3cc(Br)ccc3I)cc2C1=O. The minimum Gasteiger partial charge on any atom is -0.322 e. The molecule has 2 aromatic rings. The number of hydrogen-bond acceptors (Lipinski definition) is 3. The van der Waals surface area contributed by atoms with E-state index >= 15 is 0 Å². The van der Waals surface area contributed by atoms with E-state index in [2.05, 4.69) is 43.8 Å². The maximum Gasteiger partial charge on any atom is 0.261 e. The number of carbonyl (C=O) groups is 3. The lowest BCUT2D eigenvalue weighted by Crippen LogP contribution is -2.24. The summed E-state index contributed by atoms with van der Waals surface area (Å²) in [5.41, 5.74) is 1.66. The van der Waals surface area contributed by atoms with Crippen molar-refractivity contribution in [2.75, 3.05) is 12.4 Å². The predicted molar refractivity (Wildman–Crippen MR) is 97.7 cm³/mol. The van der Waals surface area contributed by atoms with Crippen LogP contribution in [0.3, 0.4) is 0 Å². The Morgan fingerprint density at radius 2 is 1.78 bits per heavy atom. The van der Waals surface area contributed by atoms with Gasteiger partial charge in [-0.3, -0.25) is 19.3 Å². The molecular formula is C16H10BrIN2O3. The zero-order chi connectivity index (χ0) is 16.7. The van der Waals surface area contributed by atoms with Gasteiger partial charge in [-0.05, 0) is 59.0 Å². The molecule has 116 valence electrons. The Morgan fingerprint density at radius 3 is 2.52 bits per heavy atom. The molecule has 0 saturated carbocycles. The molecule has 0 radical (unpaired) electrons. The van der Waals surface area contributed by atoms with E-state index in [4.69, 9.17) is 0 Å². The Morgan fingerprint density at radius 1 is 1.09 bits per heavy atom. The topological polar surface area (TPSA) is 66.5 Å². The highest BCUT2D eigenvalue weighted by Gasteiger charge is 2.32. The van der Waals surface area contributed by atoms with Crippen molar-refractivity contribution in [2.45, 2.75) is 0 Å². The summed E-state index contributed by atoms with van der Waals surface area (Å²) in [6.07, 6.45) is 0. The van der Waals surface area contributed by atoms with Crippen molar-refractivity contribution in [1.29, 1.82) is 0 Å². The number of amides is 3. The van der Waals surface area contributed by atoms with Crippen LogP contribution < -0.4 is 5.32 Å². The fourth-order valence-corrected chi connectivity index (χ4v) is 3.25. The summed E-state index contributed by atoms with van der Waals surface area (Å²) in [5.74, 6) is -0.969. The number of carbonyl (C=O) groups excluding carboxylic acids is 3. The van der Waals surface area contributed by atoms with Crippen LogP contribution in [0.25, 0.3) is 0 Å². The van der Waals surface area contributed by atoms with Crippen LogP contribution in [0.15, 0.2) is 40.9 Å².